The smallest absolute Gasteiger partial charge is 0.384 e. The molecule has 7 nitrogen and oxygen atoms in total. The van der Waals surface area contributed by atoms with Gasteiger partial charge < -0.3 is 34.3 Å². The zero-order valence-corrected chi connectivity index (χ0v) is 22.1. The quantitative estimate of drug-likeness (QED) is 0.317. The van der Waals surface area contributed by atoms with E-state index in [0.717, 1.165) is 6.42 Å². The monoisotopic (exact) mass is 636 g/mol. The van der Waals surface area contributed by atoms with Crippen molar-refractivity contribution in [2.75, 3.05) is 26.4 Å². The van der Waals surface area contributed by atoms with Gasteiger partial charge in [0.05, 0.1) is 13.2 Å². The Morgan fingerprint density at radius 3 is 1.68 bits per heavy atom. The molecular weight excluding hydrogens is 604 g/mol. The highest BCUT2D eigenvalue weighted by Gasteiger charge is 2.81. The number of aliphatic hydroxyl groups is 3. The molecule has 2 aliphatic rings. The van der Waals surface area contributed by atoms with Gasteiger partial charge in [-0.1, -0.05) is 40.5 Å². The predicted octanol–water partition coefficient (Wildman–Crippen LogP) is 4.66. The van der Waals surface area contributed by atoms with Gasteiger partial charge in [0.15, 0.2) is 12.2 Å². The summed E-state index contributed by atoms with van der Waals surface area (Å²) in [6, 6.07) is 0. The zero-order chi connectivity index (χ0) is 32.5. The maximum atomic E-state index is 13.8. The molecule has 0 aromatic heterocycles. The number of hydrogen-bond donors (Lipinski definition) is 3. The van der Waals surface area contributed by atoms with Gasteiger partial charge in [0.25, 0.3) is 0 Å². The maximum absolute atomic E-state index is 13.8. The Hall–Kier alpha value is -1.12. The van der Waals surface area contributed by atoms with Crippen molar-refractivity contribution in [2.24, 2.45) is 11.8 Å². The fourth-order valence-corrected chi connectivity index (χ4v) is 3.37. The third-order valence-electron chi connectivity index (χ3n) is 6.53. The SMILES string of the molecule is CCC(C)COC1C(F)(F)COC(O)(C(F)(F)F)C1(F)F.CCC(C)COCC1OC(O)(C(F)(F)F)C(F)(F)C1O. The van der Waals surface area contributed by atoms with Crippen LogP contribution in [0.3, 0.4) is 0 Å². The van der Waals surface area contributed by atoms with Gasteiger partial charge in [0.1, 0.15) is 12.7 Å². The lowest BCUT2D eigenvalue weighted by Gasteiger charge is -2.46. The number of ether oxygens (including phenoxy) is 4. The Morgan fingerprint density at radius 2 is 1.27 bits per heavy atom. The minimum Gasteiger partial charge on any atom is -0.384 e. The average Bonchev–Trinajstić information content (AvgIpc) is 3.01. The molecule has 41 heavy (non-hydrogen) atoms. The van der Waals surface area contributed by atoms with Crippen molar-refractivity contribution in [3.05, 3.63) is 0 Å². The van der Waals surface area contributed by atoms with E-state index in [2.05, 4.69) is 14.2 Å². The van der Waals surface area contributed by atoms with Gasteiger partial charge in [-0.15, -0.1) is 0 Å². The fraction of sp³-hybridized carbons (Fsp3) is 1.00. The summed E-state index contributed by atoms with van der Waals surface area (Å²) in [5.74, 6) is -24.6. The number of alkyl halides is 12. The van der Waals surface area contributed by atoms with E-state index in [1.165, 1.54) is 6.92 Å². The van der Waals surface area contributed by atoms with E-state index in [0.29, 0.717) is 6.42 Å². The molecule has 19 heteroatoms. The summed E-state index contributed by atoms with van der Waals surface area (Å²) in [6.07, 6.45) is -18.7. The summed E-state index contributed by atoms with van der Waals surface area (Å²) >= 11 is 0. The number of aliphatic hydroxyl groups excluding tert-OH is 1. The van der Waals surface area contributed by atoms with Crippen LogP contribution in [-0.2, 0) is 18.9 Å². The van der Waals surface area contributed by atoms with Crippen molar-refractivity contribution in [3.63, 3.8) is 0 Å². The van der Waals surface area contributed by atoms with Gasteiger partial charge in [0, 0.05) is 6.61 Å². The molecule has 0 aromatic carbocycles. The third kappa shape index (κ3) is 7.52. The van der Waals surface area contributed by atoms with Gasteiger partial charge in [-0.2, -0.15) is 43.9 Å². The van der Waals surface area contributed by atoms with Crippen LogP contribution < -0.4 is 0 Å². The van der Waals surface area contributed by atoms with Crippen LogP contribution in [0.15, 0.2) is 0 Å². The van der Waals surface area contributed by atoms with Crippen molar-refractivity contribution in [2.45, 2.75) is 101 Å². The first-order valence-corrected chi connectivity index (χ1v) is 12.2. The van der Waals surface area contributed by atoms with Gasteiger partial charge >= 0.3 is 41.7 Å². The fourth-order valence-electron chi connectivity index (χ4n) is 3.37. The first kappa shape index (κ1) is 37.9. The zero-order valence-electron chi connectivity index (χ0n) is 22.1. The van der Waals surface area contributed by atoms with Gasteiger partial charge in [-0.05, 0) is 11.8 Å². The molecule has 246 valence electrons. The second kappa shape index (κ2) is 12.9. The van der Waals surface area contributed by atoms with Crippen LogP contribution in [0.1, 0.15) is 40.5 Å². The molecule has 3 N–H and O–H groups in total. The molecule has 2 saturated heterocycles. The second-order valence-electron chi connectivity index (χ2n) is 9.96. The van der Waals surface area contributed by atoms with Crippen molar-refractivity contribution in [3.8, 4) is 0 Å². The highest BCUT2D eigenvalue weighted by molar-refractivity contribution is 5.06. The second-order valence-corrected chi connectivity index (χ2v) is 9.96. The molecule has 2 heterocycles. The van der Waals surface area contributed by atoms with Crippen LogP contribution in [0.25, 0.3) is 0 Å². The summed E-state index contributed by atoms with van der Waals surface area (Å²) in [6.45, 7) is 3.60. The van der Waals surface area contributed by atoms with E-state index in [-0.39, 0.29) is 12.5 Å². The molecule has 0 spiro atoms. The van der Waals surface area contributed by atoms with Crippen molar-refractivity contribution < 1.29 is 87.0 Å². The van der Waals surface area contributed by atoms with Crippen molar-refractivity contribution >= 4 is 0 Å². The Morgan fingerprint density at radius 1 is 0.805 bits per heavy atom. The molecule has 0 saturated carbocycles. The first-order chi connectivity index (χ1) is 18.3. The Kier molecular flexibility index (Phi) is 11.9. The Labute approximate surface area is 226 Å². The van der Waals surface area contributed by atoms with Crippen LogP contribution in [0.5, 0.6) is 0 Å². The summed E-state index contributed by atoms with van der Waals surface area (Å²) in [4.78, 5) is 0. The largest absolute Gasteiger partial charge is 0.449 e. The number of rotatable bonds is 9. The Bertz CT molecular complexity index is 841. The summed E-state index contributed by atoms with van der Waals surface area (Å²) in [5.41, 5.74) is 0. The van der Waals surface area contributed by atoms with E-state index >= 15 is 0 Å². The molecule has 0 radical (unpaired) electrons. The molecule has 0 amide bonds. The molecule has 0 bridgehead atoms. The van der Waals surface area contributed by atoms with Crippen LogP contribution in [0.4, 0.5) is 52.7 Å². The highest BCUT2D eigenvalue weighted by atomic mass is 19.4. The highest BCUT2D eigenvalue weighted by Crippen LogP contribution is 2.53. The number of hydrogen-bond acceptors (Lipinski definition) is 7. The minimum atomic E-state index is -5.95. The van der Waals surface area contributed by atoms with E-state index in [9.17, 15) is 57.8 Å². The lowest BCUT2D eigenvalue weighted by molar-refractivity contribution is -0.483. The van der Waals surface area contributed by atoms with Crippen LogP contribution in [0, 0.1) is 11.8 Å². The first-order valence-electron chi connectivity index (χ1n) is 12.2. The third-order valence-corrected chi connectivity index (χ3v) is 6.53. The normalized spacial score (nSPS) is 34.5. The minimum absolute atomic E-state index is 0.0792. The molecule has 7 atom stereocenters. The molecule has 2 fully saturated rings. The summed E-state index contributed by atoms with van der Waals surface area (Å²) in [7, 11) is 0. The molecule has 0 aromatic rings. The van der Waals surface area contributed by atoms with Crippen LogP contribution in [0.2, 0.25) is 0 Å². The van der Waals surface area contributed by atoms with Gasteiger partial charge in [-0.25, -0.2) is 8.78 Å². The Balaban J connectivity index is 0.000000410. The van der Waals surface area contributed by atoms with Crippen LogP contribution >= 0.6 is 0 Å². The topological polar surface area (TPSA) is 97.6 Å². The lowest BCUT2D eigenvalue weighted by Crippen LogP contribution is -2.73. The van der Waals surface area contributed by atoms with E-state index in [1.807, 2.05) is 6.92 Å². The molecule has 0 aliphatic carbocycles. The molecular formula is C22H32F12O7. The molecule has 2 aliphatic heterocycles. The van der Waals surface area contributed by atoms with Gasteiger partial charge in [-0.3, -0.25) is 0 Å². The lowest BCUT2D eigenvalue weighted by atomic mass is 9.94. The average molecular weight is 636 g/mol. The summed E-state index contributed by atoms with van der Waals surface area (Å²) in [5, 5.41) is 27.3. The van der Waals surface area contributed by atoms with E-state index in [1.54, 1.807) is 13.8 Å². The van der Waals surface area contributed by atoms with Crippen molar-refractivity contribution in [1.29, 1.82) is 0 Å². The van der Waals surface area contributed by atoms with E-state index in [4.69, 9.17) is 14.9 Å². The van der Waals surface area contributed by atoms with Crippen molar-refractivity contribution in [1.82, 2.24) is 0 Å². The number of halogens is 12. The molecule has 7 unspecified atom stereocenters. The van der Waals surface area contributed by atoms with Crippen LogP contribution in [-0.4, -0.2) is 102 Å². The summed E-state index contributed by atoms with van der Waals surface area (Å²) < 4.78 is 173. The van der Waals surface area contributed by atoms with Gasteiger partial charge in [0.2, 0.25) is 0 Å². The molecule has 2 rings (SSSR count). The predicted molar refractivity (Wildman–Crippen MR) is 113 cm³/mol. The standard InChI is InChI=1S/C11H15F7O3.C11H17F5O4/c1-3-6(2)4-20-7-8(12,13)5-21-10(19,9(7,14)15)11(16,17)18;1-3-6(2)4-19-5-7-8(17)9(12,13)10(18,20-7)11(14,15)16/h6-7,19H,3-5H2,1-2H3;6-8,17-18H,3-5H2,1-2H3. The maximum Gasteiger partial charge on any atom is 0.449 e. The van der Waals surface area contributed by atoms with E-state index < -0.39 is 85.7 Å².